The predicted octanol–water partition coefficient (Wildman–Crippen LogP) is 3.12. The van der Waals surface area contributed by atoms with Gasteiger partial charge in [-0.2, -0.15) is 0 Å². The van der Waals surface area contributed by atoms with E-state index >= 15 is 0 Å². The summed E-state index contributed by atoms with van der Waals surface area (Å²) in [5.41, 5.74) is 1.02. The smallest absolute Gasteiger partial charge is 0.243 e. The van der Waals surface area contributed by atoms with E-state index in [1.54, 1.807) is 0 Å². The normalized spacial score (nSPS) is 13.6. The molecule has 2 rings (SSSR count). The first-order valence-electron chi connectivity index (χ1n) is 8.78. The van der Waals surface area contributed by atoms with E-state index < -0.39 is 27.8 Å². The van der Waals surface area contributed by atoms with Gasteiger partial charge in [0.1, 0.15) is 11.9 Å². The molecule has 146 valence electrons. The van der Waals surface area contributed by atoms with Crippen LogP contribution < -0.4 is 9.62 Å². The summed E-state index contributed by atoms with van der Waals surface area (Å²) in [6, 6.07) is 14.2. The van der Waals surface area contributed by atoms with Gasteiger partial charge in [0.25, 0.3) is 0 Å². The molecule has 2 atom stereocenters. The van der Waals surface area contributed by atoms with Crippen LogP contribution in [0.1, 0.15) is 25.8 Å². The van der Waals surface area contributed by atoms with Crippen molar-refractivity contribution in [1.82, 2.24) is 5.32 Å². The molecule has 1 N–H and O–H groups in total. The van der Waals surface area contributed by atoms with E-state index in [1.165, 1.54) is 31.2 Å². The molecule has 0 unspecified atom stereocenters. The van der Waals surface area contributed by atoms with Gasteiger partial charge in [-0.1, -0.05) is 42.5 Å². The first kappa shape index (κ1) is 20.9. The standard InChI is InChI=1S/C20H25FN2O3S/c1-15(13-14-17-9-5-4-6-10-17)22-20(24)16(2)23(27(3,25)26)19-12-8-7-11-18(19)21/h4-12,15-16H,13-14H2,1-3H3,(H,22,24)/t15-,16+/m1/s1. The summed E-state index contributed by atoms with van der Waals surface area (Å²) in [4.78, 5) is 12.6. The number of sulfonamides is 1. The second-order valence-corrected chi connectivity index (χ2v) is 8.48. The maximum Gasteiger partial charge on any atom is 0.243 e. The number of carbonyl (C=O) groups is 1. The average molecular weight is 392 g/mol. The number of aryl methyl sites for hydroxylation is 1. The Balaban J connectivity index is 2.07. The highest BCUT2D eigenvalue weighted by atomic mass is 32.2. The number of carbonyl (C=O) groups excluding carboxylic acids is 1. The van der Waals surface area contributed by atoms with Crippen molar-refractivity contribution >= 4 is 21.6 Å². The van der Waals surface area contributed by atoms with Crippen LogP contribution in [0.3, 0.4) is 0 Å². The molecule has 0 radical (unpaired) electrons. The summed E-state index contributed by atoms with van der Waals surface area (Å²) >= 11 is 0. The Bertz CT molecular complexity index is 872. The van der Waals surface area contributed by atoms with Crippen LogP contribution in [0.4, 0.5) is 10.1 Å². The summed E-state index contributed by atoms with van der Waals surface area (Å²) in [5.74, 6) is -1.16. The monoisotopic (exact) mass is 392 g/mol. The molecule has 27 heavy (non-hydrogen) atoms. The summed E-state index contributed by atoms with van der Waals surface area (Å²) in [6.45, 7) is 3.31. The van der Waals surface area contributed by atoms with Gasteiger partial charge in [0.05, 0.1) is 11.9 Å². The average Bonchev–Trinajstić information content (AvgIpc) is 2.61. The van der Waals surface area contributed by atoms with Crippen LogP contribution in [0.15, 0.2) is 54.6 Å². The Kier molecular flexibility index (Phi) is 6.96. The minimum Gasteiger partial charge on any atom is -0.352 e. The third-order valence-corrected chi connectivity index (χ3v) is 5.50. The largest absolute Gasteiger partial charge is 0.352 e. The Morgan fingerprint density at radius 1 is 1.07 bits per heavy atom. The topological polar surface area (TPSA) is 66.5 Å². The third kappa shape index (κ3) is 5.79. The molecule has 0 spiro atoms. The van der Waals surface area contributed by atoms with Gasteiger partial charge in [-0.15, -0.1) is 0 Å². The highest BCUT2D eigenvalue weighted by Crippen LogP contribution is 2.24. The highest BCUT2D eigenvalue weighted by Gasteiger charge is 2.31. The first-order valence-corrected chi connectivity index (χ1v) is 10.6. The van der Waals surface area contributed by atoms with Crippen LogP contribution in [-0.2, 0) is 21.2 Å². The summed E-state index contributed by atoms with van der Waals surface area (Å²) in [7, 11) is -3.84. The quantitative estimate of drug-likeness (QED) is 0.751. The number of hydrogen-bond donors (Lipinski definition) is 1. The van der Waals surface area contributed by atoms with E-state index in [0.717, 1.165) is 22.5 Å². The van der Waals surface area contributed by atoms with E-state index in [4.69, 9.17) is 0 Å². The molecule has 0 aliphatic heterocycles. The molecule has 0 heterocycles. The van der Waals surface area contributed by atoms with Gasteiger partial charge in [0.2, 0.25) is 15.9 Å². The fourth-order valence-electron chi connectivity index (χ4n) is 2.87. The van der Waals surface area contributed by atoms with E-state index in [2.05, 4.69) is 5.32 Å². The molecule has 2 aromatic carbocycles. The van der Waals surface area contributed by atoms with Gasteiger partial charge in [0.15, 0.2) is 0 Å². The van der Waals surface area contributed by atoms with E-state index in [0.29, 0.717) is 6.42 Å². The number of nitrogens with zero attached hydrogens (tertiary/aromatic N) is 1. The van der Waals surface area contributed by atoms with Gasteiger partial charge in [0, 0.05) is 6.04 Å². The Morgan fingerprint density at radius 2 is 1.67 bits per heavy atom. The lowest BCUT2D eigenvalue weighted by molar-refractivity contribution is -0.122. The van der Waals surface area contributed by atoms with Gasteiger partial charge < -0.3 is 5.32 Å². The molecule has 7 heteroatoms. The Morgan fingerprint density at radius 3 is 2.26 bits per heavy atom. The van der Waals surface area contributed by atoms with Crippen molar-refractivity contribution < 1.29 is 17.6 Å². The lowest BCUT2D eigenvalue weighted by atomic mass is 10.1. The van der Waals surface area contributed by atoms with Crippen molar-refractivity contribution in [2.75, 3.05) is 10.6 Å². The first-order chi connectivity index (χ1) is 12.7. The SMILES string of the molecule is C[C@H](CCc1ccccc1)NC(=O)[C@H](C)N(c1ccccc1F)S(C)(=O)=O. The molecular formula is C20H25FN2O3S. The summed E-state index contributed by atoms with van der Waals surface area (Å²) < 4.78 is 39.4. The maximum atomic E-state index is 14.1. The van der Waals surface area contributed by atoms with Crippen molar-refractivity contribution in [1.29, 1.82) is 0 Å². The molecule has 2 aromatic rings. The Hall–Kier alpha value is -2.41. The number of para-hydroxylation sites is 1. The van der Waals surface area contributed by atoms with Crippen LogP contribution in [-0.4, -0.2) is 32.7 Å². The molecule has 0 aromatic heterocycles. The summed E-state index contributed by atoms with van der Waals surface area (Å²) in [5, 5.41) is 2.82. The van der Waals surface area contributed by atoms with E-state index in [1.807, 2.05) is 37.3 Å². The molecule has 5 nitrogen and oxygen atoms in total. The molecule has 0 aliphatic carbocycles. The second-order valence-electron chi connectivity index (χ2n) is 6.62. The van der Waals surface area contributed by atoms with Gasteiger partial charge in [-0.3, -0.25) is 9.10 Å². The van der Waals surface area contributed by atoms with E-state index in [-0.39, 0.29) is 11.7 Å². The number of halogens is 1. The number of anilines is 1. The zero-order valence-electron chi connectivity index (χ0n) is 15.7. The predicted molar refractivity (Wildman–Crippen MR) is 106 cm³/mol. The fourth-order valence-corrected chi connectivity index (χ4v) is 4.05. The lowest BCUT2D eigenvalue weighted by Crippen LogP contribution is -2.50. The zero-order chi connectivity index (χ0) is 20.0. The van der Waals surface area contributed by atoms with Crippen molar-refractivity contribution in [3.05, 3.63) is 66.0 Å². The van der Waals surface area contributed by atoms with Crippen molar-refractivity contribution in [3.63, 3.8) is 0 Å². The molecule has 0 aliphatic rings. The molecule has 0 saturated carbocycles. The number of nitrogens with one attached hydrogen (secondary N) is 1. The minimum atomic E-state index is -3.84. The number of rotatable bonds is 8. The highest BCUT2D eigenvalue weighted by molar-refractivity contribution is 7.92. The third-order valence-electron chi connectivity index (χ3n) is 4.28. The maximum absolute atomic E-state index is 14.1. The van der Waals surface area contributed by atoms with Crippen molar-refractivity contribution in [2.24, 2.45) is 0 Å². The molecule has 0 fully saturated rings. The van der Waals surface area contributed by atoms with Crippen molar-refractivity contribution in [3.8, 4) is 0 Å². The second kappa shape index (κ2) is 8.99. The molecule has 0 bridgehead atoms. The van der Waals surface area contributed by atoms with Crippen LogP contribution in [0.25, 0.3) is 0 Å². The van der Waals surface area contributed by atoms with Crippen LogP contribution >= 0.6 is 0 Å². The zero-order valence-corrected chi connectivity index (χ0v) is 16.5. The van der Waals surface area contributed by atoms with Crippen molar-refractivity contribution in [2.45, 2.75) is 38.8 Å². The van der Waals surface area contributed by atoms with E-state index in [9.17, 15) is 17.6 Å². The number of hydrogen-bond acceptors (Lipinski definition) is 3. The minimum absolute atomic E-state index is 0.139. The number of benzene rings is 2. The fraction of sp³-hybridized carbons (Fsp3) is 0.350. The van der Waals surface area contributed by atoms with Gasteiger partial charge in [-0.25, -0.2) is 12.8 Å². The van der Waals surface area contributed by atoms with Crippen LogP contribution in [0.5, 0.6) is 0 Å². The lowest BCUT2D eigenvalue weighted by Gasteiger charge is -2.29. The Labute approximate surface area is 160 Å². The number of amides is 1. The molecule has 0 saturated heterocycles. The van der Waals surface area contributed by atoms with Crippen LogP contribution in [0.2, 0.25) is 0 Å². The molecular weight excluding hydrogens is 367 g/mol. The van der Waals surface area contributed by atoms with Gasteiger partial charge >= 0.3 is 0 Å². The molecule has 1 amide bonds. The van der Waals surface area contributed by atoms with Crippen LogP contribution in [0, 0.1) is 5.82 Å². The summed E-state index contributed by atoms with van der Waals surface area (Å²) in [6.07, 6.45) is 2.46. The van der Waals surface area contributed by atoms with Gasteiger partial charge in [-0.05, 0) is 44.4 Å².